The molecule has 0 atom stereocenters. The van der Waals surface area contributed by atoms with Gasteiger partial charge in [-0.1, -0.05) is 13.8 Å². The standard InChI is InChI=1S/C13H26N4O2S/c1-6-12(7-2)16-20(18,19)13-10(3)15-17(11(13)4)9-8-14-5/h12,14,16H,6-9H2,1-5H3. The Labute approximate surface area is 122 Å². The molecule has 1 heterocycles. The summed E-state index contributed by atoms with van der Waals surface area (Å²) in [6, 6.07) is -0.0283. The Bertz CT molecular complexity index is 533. The maximum absolute atomic E-state index is 12.5. The molecule has 0 bridgehead atoms. The van der Waals surface area contributed by atoms with Crippen LogP contribution in [0.5, 0.6) is 0 Å². The van der Waals surface area contributed by atoms with E-state index in [-0.39, 0.29) is 6.04 Å². The van der Waals surface area contributed by atoms with Crippen LogP contribution in [0.2, 0.25) is 0 Å². The SMILES string of the molecule is CCC(CC)NS(=O)(=O)c1c(C)nn(CCNC)c1C. The van der Waals surface area contributed by atoms with Crippen molar-refractivity contribution in [1.29, 1.82) is 0 Å². The van der Waals surface area contributed by atoms with Crippen molar-refractivity contribution < 1.29 is 8.42 Å². The van der Waals surface area contributed by atoms with Gasteiger partial charge < -0.3 is 5.32 Å². The zero-order valence-electron chi connectivity index (χ0n) is 13.0. The van der Waals surface area contributed by atoms with Gasteiger partial charge in [0.05, 0.1) is 17.9 Å². The van der Waals surface area contributed by atoms with Gasteiger partial charge >= 0.3 is 0 Å². The predicted molar refractivity (Wildman–Crippen MR) is 80.3 cm³/mol. The van der Waals surface area contributed by atoms with Gasteiger partial charge in [0.15, 0.2) is 0 Å². The zero-order chi connectivity index (χ0) is 15.3. The summed E-state index contributed by atoms with van der Waals surface area (Å²) < 4.78 is 29.5. The third-order valence-electron chi connectivity index (χ3n) is 3.46. The number of rotatable bonds is 8. The highest BCUT2D eigenvalue weighted by atomic mass is 32.2. The van der Waals surface area contributed by atoms with Gasteiger partial charge in [0.2, 0.25) is 10.0 Å². The summed E-state index contributed by atoms with van der Waals surface area (Å²) in [7, 11) is -1.64. The summed E-state index contributed by atoms with van der Waals surface area (Å²) in [5.74, 6) is 0. The summed E-state index contributed by atoms with van der Waals surface area (Å²) in [6.07, 6.45) is 1.56. The molecule has 0 aliphatic rings. The minimum absolute atomic E-state index is 0.0283. The molecule has 0 saturated heterocycles. The molecule has 0 aliphatic heterocycles. The maximum Gasteiger partial charge on any atom is 0.244 e. The molecule has 1 rings (SSSR count). The average Bonchev–Trinajstić information content (AvgIpc) is 2.68. The van der Waals surface area contributed by atoms with Crippen molar-refractivity contribution in [3.63, 3.8) is 0 Å². The largest absolute Gasteiger partial charge is 0.318 e. The predicted octanol–water partition coefficient (Wildman–Crippen LogP) is 1.19. The van der Waals surface area contributed by atoms with Crippen LogP contribution in [0.4, 0.5) is 0 Å². The molecule has 0 fully saturated rings. The second kappa shape index (κ2) is 7.19. The van der Waals surface area contributed by atoms with Crippen molar-refractivity contribution in [2.24, 2.45) is 0 Å². The van der Waals surface area contributed by atoms with E-state index < -0.39 is 10.0 Å². The number of aryl methyl sites for hydroxylation is 1. The van der Waals surface area contributed by atoms with Crippen LogP contribution in [0, 0.1) is 13.8 Å². The Morgan fingerprint density at radius 2 is 1.85 bits per heavy atom. The zero-order valence-corrected chi connectivity index (χ0v) is 13.8. The van der Waals surface area contributed by atoms with Crippen molar-refractivity contribution in [1.82, 2.24) is 19.8 Å². The Hall–Kier alpha value is -0.920. The number of sulfonamides is 1. The van der Waals surface area contributed by atoms with Crippen molar-refractivity contribution >= 4 is 10.0 Å². The van der Waals surface area contributed by atoms with E-state index >= 15 is 0 Å². The lowest BCUT2D eigenvalue weighted by Crippen LogP contribution is -2.34. The van der Waals surface area contributed by atoms with Gasteiger partial charge in [0.1, 0.15) is 4.90 Å². The van der Waals surface area contributed by atoms with Gasteiger partial charge in [-0.3, -0.25) is 4.68 Å². The van der Waals surface area contributed by atoms with E-state index in [0.717, 1.165) is 19.4 Å². The third kappa shape index (κ3) is 3.80. The van der Waals surface area contributed by atoms with E-state index in [1.54, 1.807) is 18.5 Å². The fraction of sp³-hybridized carbons (Fsp3) is 0.769. The second-order valence-corrected chi connectivity index (χ2v) is 6.61. The van der Waals surface area contributed by atoms with E-state index in [0.29, 0.717) is 22.8 Å². The van der Waals surface area contributed by atoms with E-state index in [1.807, 2.05) is 20.9 Å². The molecule has 116 valence electrons. The van der Waals surface area contributed by atoms with Gasteiger partial charge in [-0.05, 0) is 33.7 Å². The van der Waals surface area contributed by atoms with Crippen molar-refractivity contribution in [3.8, 4) is 0 Å². The van der Waals surface area contributed by atoms with Crippen LogP contribution in [0.3, 0.4) is 0 Å². The molecule has 0 saturated carbocycles. The monoisotopic (exact) mass is 302 g/mol. The van der Waals surface area contributed by atoms with Crippen LogP contribution < -0.4 is 10.0 Å². The van der Waals surface area contributed by atoms with Crippen LogP contribution >= 0.6 is 0 Å². The lowest BCUT2D eigenvalue weighted by atomic mass is 10.2. The lowest BCUT2D eigenvalue weighted by Gasteiger charge is -2.15. The van der Waals surface area contributed by atoms with Crippen molar-refractivity contribution in [3.05, 3.63) is 11.4 Å². The Balaban J connectivity index is 3.09. The summed E-state index contributed by atoms with van der Waals surface area (Å²) >= 11 is 0. The first kappa shape index (κ1) is 17.1. The molecule has 2 N–H and O–H groups in total. The first-order valence-corrected chi connectivity index (χ1v) is 8.56. The minimum Gasteiger partial charge on any atom is -0.318 e. The van der Waals surface area contributed by atoms with E-state index in [2.05, 4.69) is 15.1 Å². The summed E-state index contributed by atoms with van der Waals surface area (Å²) in [6.45, 7) is 8.91. The quantitative estimate of drug-likeness (QED) is 0.756. The topological polar surface area (TPSA) is 76.0 Å². The smallest absolute Gasteiger partial charge is 0.244 e. The third-order valence-corrected chi connectivity index (χ3v) is 5.24. The number of nitrogens with one attached hydrogen (secondary N) is 2. The van der Waals surface area contributed by atoms with E-state index in [9.17, 15) is 8.42 Å². The summed E-state index contributed by atoms with van der Waals surface area (Å²) in [5.41, 5.74) is 1.24. The molecule has 20 heavy (non-hydrogen) atoms. The first-order chi connectivity index (χ1) is 9.37. The molecule has 0 aromatic carbocycles. The van der Waals surface area contributed by atoms with Crippen LogP contribution in [0.25, 0.3) is 0 Å². The molecule has 7 heteroatoms. The second-order valence-electron chi connectivity index (χ2n) is 4.96. The molecule has 0 amide bonds. The molecule has 6 nitrogen and oxygen atoms in total. The van der Waals surface area contributed by atoms with Crippen LogP contribution in [-0.4, -0.2) is 37.8 Å². The number of hydrogen-bond acceptors (Lipinski definition) is 4. The van der Waals surface area contributed by atoms with E-state index in [1.165, 1.54) is 0 Å². The summed E-state index contributed by atoms with van der Waals surface area (Å²) in [5, 5.41) is 7.37. The fourth-order valence-electron chi connectivity index (χ4n) is 2.24. The number of nitrogens with zero attached hydrogens (tertiary/aromatic N) is 2. The summed E-state index contributed by atoms with van der Waals surface area (Å²) in [4.78, 5) is 0.320. The number of hydrogen-bond donors (Lipinski definition) is 2. The average molecular weight is 302 g/mol. The van der Waals surface area contributed by atoms with Gasteiger partial charge in [0, 0.05) is 12.6 Å². The van der Waals surface area contributed by atoms with Gasteiger partial charge in [-0.15, -0.1) is 0 Å². The molecule has 0 aliphatic carbocycles. The highest BCUT2D eigenvalue weighted by molar-refractivity contribution is 7.89. The van der Waals surface area contributed by atoms with E-state index in [4.69, 9.17) is 0 Å². The molecule has 1 aromatic heterocycles. The molecular weight excluding hydrogens is 276 g/mol. The van der Waals surface area contributed by atoms with Crippen molar-refractivity contribution in [2.45, 2.75) is 58.0 Å². The normalized spacial score (nSPS) is 12.3. The van der Waals surface area contributed by atoms with Crippen LogP contribution in [-0.2, 0) is 16.6 Å². The number of likely N-dealkylation sites (N-methyl/N-ethyl adjacent to an activating group) is 1. The Kier molecular flexibility index (Phi) is 6.16. The lowest BCUT2D eigenvalue weighted by molar-refractivity contribution is 0.528. The molecular formula is C13H26N4O2S. The Morgan fingerprint density at radius 1 is 1.25 bits per heavy atom. The van der Waals surface area contributed by atoms with Gasteiger partial charge in [0.25, 0.3) is 0 Å². The van der Waals surface area contributed by atoms with Crippen LogP contribution in [0.15, 0.2) is 4.90 Å². The van der Waals surface area contributed by atoms with Crippen molar-refractivity contribution in [2.75, 3.05) is 13.6 Å². The molecule has 1 aromatic rings. The maximum atomic E-state index is 12.5. The molecule has 0 spiro atoms. The molecule has 0 radical (unpaired) electrons. The Morgan fingerprint density at radius 3 is 2.35 bits per heavy atom. The van der Waals surface area contributed by atoms with Gasteiger partial charge in [-0.2, -0.15) is 5.10 Å². The first-order valence-electron chi connectivity index (χ1n) is 7.08. The minimum atomic E-state index is -3.50. The van der Waals surface area contributed by atoms with Gasteiger partial charge in [-0.25, -0.2) is 13.1 Å². The highest BCUT2D eigenvalue weighted by Gasteiger charge is 2.26. The molecule has 0 unspecified atom stereocenters. The number of aromatic nitrogens is 2. The highest BCUT2D eigenvalue weighted by Crippen LogP contribution is 2.20. The van der Waals surface area contributed by atoms with Crippen LogP contribution in [0.1, 0.15) is 38.1 Å². The fourth-order valence-corrected chi connectivity index (χ4v) is 4.05.